The molecule has 0 amide bonds. The molecule has 8 heteroatoms. The molecule has 0 saturated carbocycles. The van der Waals surface area contributed by atoms with Gasteiger partial charge in [-0.1, -0.05) is 0 Å². The van der Waals surface area contributed by atoms with Gasteiger partial charge in [-0.3, -0.25) is 5.41 Å². The van der Waals surface area contributed by atoms with E-state index in [0.29, 0.717) is 17.7 Å². The Morgan fingerprint density at radius 1 is 1.23 bits per heavy atom. The van der Waals surface area contributed by atoms with Crippen molar-refractivity contribution in [1.82, 2.24) is 20.2 Å². The number of nitrogens with zero attached hydrogens (tertiary/aromatic N) is 5. The molecule has 3 aliphatic heterocycles. The highest BCUT2D eigenvalue weighted by atomic mass is 15.3. The summed E-state index contributed by atoms with van der Waals surface area (Å²) in [5, 5.41) is 11.3. The maximum absolute atomic E-state index is 7.89. The van der Waals surface area contributed by atoms with E-state index in [-0.39, 0.29) is 5.84 Å². The highest BCUT2D eigenvalue weighted by Crippen LogP contribution is 2.27. The maximum atomic E-state index is 7.89. The second-order valence-corrected chi connectivity index (χ2v) is 7.65. The summed E-state index contributed by atoms with van der Waals surface area (Å²) in [6, 6.07) is 2.18. The van der Waals surface area contributed by atoms with E-state index in [9.17, 15) is 0 Å². The van der Waals surface area contributed by atoms with E-state index in [0.717, 1.165) is 58.1 Å². The molecule has 4 N–H and O–H groups in total. The van der Waals surface area contributed by atoms with E-state index in [4.69, 9.17) is 16.1 Å². The lowest BCUT2D eigenvalue weighted by Gasteiger charge is -2.29. The third-order valence-electron chi connectivity index (χ3n) is 5.54. The number of hydrogen-bond acceptors (Lipinski definition) is 7. The molecule has 3 aliphatic rings. The van der Waals surface area contributed by atoms with Crippen molar-refractivity contribution in [3.63, 3.8) is 0 Å². The number of hydrogen-bond donors (Lipinski definition) is 3. The molecule has 4 heterocycles. The molecule has 0 aromatic carbocycles. The number of anilines is 2. The fourth-order valence-corrected chi connectivity index (χ4v) is 4.15. The maximum Gasteiger partial charge on any atom is 0.228 e. The van der Waals surface area contributed by atoms with Gasteiger partial charge in [0.15, 0.2) is 0 Å². The van der Waals surface area contributed by atoms with Gasteiger partial charge in [0.25, 0.3) is 0 Å². The first kappa shape index (κ1) is 17.2. The van der Waals surface area contributed by atoms with E-state index >= 15 is 0 Å². The molecule has 1 saturated heterocycles. The van der Waals surface area contributed by atoms with Gasteiger partial charge < -0.3 is 25.8 Å². The molecular formula is C18H28N8. The Kier molecular flexibility index (Phi) is 4.54. The number of rotatable bonds is 3. The van der Waals surface area contributed by atoms with Gasteiger partial charge >= 0.3 is 0 Å². The van der Waals surface area contributed by atoms with Crippen LogP contribution >= 0.6 is 0 Å². The summed E-state index contributed by atoms with van der Waals surface area (Å²) < 4.78 is 0. The van der Waals surface area contributed by atoms with Gasteiger partial charge in [0.2, 0.25) is 5.95 Å². The predicted octanol–water partition coefficient (Wildman–Crippen LogP) is 0.0109. The lowest BCUT2D eigenvalue weighted by molar-refractivity contribution is 0.337. The van der Waals surface area contributed by atoms with Crippen molar-refractivity contribution in [2.24, 2.45) is 5.73 Å². The van der Waals surface area contributed by atoms with Gasteiger partial charge in [-0.15, -0.1) is 0 Å². The lowest BCUT2D eigenvalue weighted by Crippen LogP contribution is -2.39. The molecule has 1 aromatic heterocycles. The van der Waals surface area contributed by atoms with Gasteiger partial charge in [0.1, 0.15) is 17.3 Å². The average molecular weight is 356 g/mol. The van der Waals surface area contributed by atoms with Gasteiger partial charge in [0.05, 0.1) is 0 Å². The Balaban J connectivity index is 1.64. The Hall–Kier alpha value is -2.19. The van der Waals surface area contributed by atoms with Crippen LogP contribution in [0.2, 0.25) is 0 Å². The number of likely N-dealkylation sites (N-methyl/N-ethyl adjacent to an activating group) is 1. The first-order valence-electron chi connectivity index (χ1n) is 9.35. The quantitative estimate of drug-likeness (QED) is 0.399. The van der Waals surface area contributed by atoms with E-state index < -0.39 is 0 Å². The molecule has 1 fully saturated rings. The number of nitrogen functional groups attached to an aromatic ring is 1. The fraction of sp³-hybridized carbons (Fsp3) is 0.611. The highest BCUT2D eigenvalue weighted by molar-refractivity contribution is 5.94. The molecule has 0 spiro atoms. The van der Waals surface area contributed by atoms with Gasteiger partial charge in [0, 0.05) is 51.4 Å². The summed E-state index contributed by atoms with van der Waals surface area (Å²) >= 11 is 0. The number of nitrogens with one attached hydrogen (secondary N) is 2. The molecule has 0 radical (unpaired) electrons. The molecule has 1 atom stereocenters. The van der Waals surface area contributed by atoms with E-state index in [1.54, 1.807) is 0 Å². The van der Waals surface area contributed by atoms with Crippen molar-refractivity contribution >= 4 is 17.6 Å². The van der Waals surface area contributed by atoms with Crippen LogP contribution in [-0.2, 0) is 0 Å². The smallest absolute Gasteiger partial charge is 0.228 e. The lowest BCUT2D eigenvalue weighted by atomic mass is 10.2. The summed E-state index contributed by atoms with van der Waals surface area (Å²) in [6.45, 7) is 8.93. The normalized spacial score (nSPS) is 24.2. The molecule has 26 heavy (non-hydrogen) atoms. The van der Waals surface area contributed by atoms with Crippen LogP contribution in [0.3, 0.4) is 0 Å². The topological polar surface area (TPSA) is 97.4 Å². The minimum atomic E-state index is -0.00384. The summed E-state index contributed by atoms with van der Waals surface area (Å²) in [5.74, 6) is 1.57. The molecule has 8 nitrogen and oxygen atoms in total. The summed E-state index contributed by atoms with van der Waals surface area (Å²) in [4.78, 5) is 16.4. The molecule has 4 rings (SSSR count). The van der Waals surface area contributed by atoms with Gasteiger partial charge in [-0.05, 0) is 38.1 Å². The Morgan fingerprint density at radius 3 is 2.65 bits per heavy atom. The zero-order chi connectivity index (χ0) is 18.3. The first-order valence-corrected chi connectivity index (χ1v) is 9.35. The second kappa shape index (κ2) is 6.85. The Bertz CT molecular complexity index is 727. The SMILES string of the molecule is C[C@H]1CN(C)CCCN1c1nc(C(=N)N)cc(N2CC3=C(CNC3)C2)n1. The number of aromatic nitrogens is 2. The van der Waals surface area contributed by atoms with E-state index in [1.807, 2.05) is 6.07 Å². The Labute approximate surface area is 154 Å². The van der Waals surface area contributed by atoms with E-state index in [1.165, 1.54) is 11.1 Å². The van der Waals surface area contributed by atoms with Gasteiger partial charge in [-0.2, -0.15) is 4.98 Å². The largest absolute Gasteiger partial charge is 0.382 e. The molecule has 1 aromatic rings. The van der Waals surface area contributed by atoms with Crippen molar-refractivity contribution in [2.45, 2.75) is 19.4 Å². The number of amidine groups is 1. The van der Waals surface area contributed by atoms with E-state index in [2.05, 4.69) is 39.0 Å². The van der Waals surface area contributed by atoms with Crippen molar-refractivity contribution in [3.05, 3.63) is 22.9 Å². The van der Waals surface area contributed by atoms with Crippen molar-refractivity contribution < 1.29 is 0 Å². The van der Waals surface area contributed by atoms with Crippen LogP contribution in [0, 0.1) is 5.41 Å². The van der Waals surface area contributed by atoms with Crippen LogP contribution in [-0.4, -0.2) is 79.6 Å². The van der Waals surface area contributed by atoms with Crippen molar-refractivity contribution in [1.29, 1.82) is 5.41 Å². The molecule has 0 aliphatic carbocycles. The predicted molar refractivity (Wildman–Crippen MR) is 104 cm³/mol. The van der Waals surface area contributed by atoms with Gasteiger partial charge in [-0.25, -0.2) is 4.98 Å². The van der Waals surface area contributed by atoms with Crippen molar-refractivity contribution in [2.75, 3.05) is 62.7 Å². The summed E-state index contributed by atoms with van der Waals surface area (Å²) in [7, 11) is 2.16. The fourth-order valence-electron chi connectivity index (χ4n) is 4.15. The molecule has 0 unspecified atom stereocenters. The summed E-state index contributed by atoms with van der Waals surface area (Å²) in [5.41, 5.74) is 9.24. The molecule has 140 valence electrons. The average Bonchev–Trinajstić information content (AvgIpc) is 3.15. The third kappa shape index (κ3) is 3.26. The van der Waals surface area contributed by atoms with Crippen LogP contribution in [0.15, 0.2) is 17.2 Å². The minimum absolute atomic E-state index is 0.00384. The van der Waals surface area contributed by atoms with Crippen LogP contribution in [0.4, 0.5) is 11.8 Å². The Morgan fingerprint density at radius 2 is 1.96 bits per heavy atom. The third-order valence-corrected chi connectivity index (χ3v) is 5.54. The van der Waals surface area contributed by atoms with Crippen LogP contribution < -0.4 is 20.9 Å². The van der Waals surface area contributed by atoms with Crippen LogP contribution in [0.25, 0.3) is 0 Å². The number of nitrogens with two attached hydrogens (primary N) is 1. The minimum Gasteiger partial charge on any atom is -0.382 e. The van der Waals surface area contributed by atoms with Crippen LogP contribution in [0.1, 0.15) is 19.0 Å². The summed E-state index contributed by atoms with van der Waals surface area (Å²) in [6.07, 6.45) is 1.08. The molecular weight excluding hydrogens is 328 g/mol. The monoisotopic (exact) mass is 356 g/mol. The van der Waals surface area contributed by atoms with Crippen LogP contribution in [0.5, 0.6) is 0 Å². The highest BCUT2D eigenvalue weighted by Gasteiger charge is 2.28. The second-order valence-electron chi connectivity index (χ2n) is 7.65. The standard InChI is InChI=1S/C18H28N8/c1-12-9-24(2)4-3-5-26(12)18-22-15(17(19)20)6-16(23-18)25-10-13-7-21-8-14(13)11-25/h6,12,21H,3-5,7-11H2,1-2H3,(H3,19,20)/t12-/m0/s1. The molecule has 0 bridgehead atoms. The van der Waals surface area contributed by atoms with Crippen molar-refractivity contribution in [3.8, 4) is 0 Å². The zero-order valence-corrected chi connectivity index (χ0v) is 15.6. The first-order chi connectivity index (χ1) is 12.5. The zero-order valence-electron chi connectivity index (χ0n) is 15.6.